The molecule has 27 heavy (non-hydrogen) atoms. The van der Waals surface area contributed by atoms with Gasteiger partial charge in [0.05, 0.1) is 0 Å². The summed E-state index contributed by atoms with van der Waals surface area (Å²) in [7, 11) is -2.25. The molecule has 0 N–H and O–H groups in total. The molecule has 0 radical (unpaired) electrons. The Morgan fingerprint density at radius 1 is 0.519 bits per heavy atom. The third kappa shape index (κ3) is 8.98. The summed E-state index contributed by atoms with van der Waals surface area (Å²) in [6, 6.07) is 0. The molecule has 0 atom stereocenters. The van der Waals surface area contributed by atoms with E-state index in [1.165, 1.54) is 0 Å². The summed E-state index contributed by atoms with van der Waals surface area (Å²) in [6.07, 6.45) is 0. The topological polar surface area (TPSA) is 36.9 Å². The first-order valence-corrected chi connectivity index (χ1v) is 15.2. The Morgan fingerprint density at radius 3 is 0.889 bits per heavy atom. The van der Waals surface area contributed by atoms with Gasteiger partial charge in [0.25, 0.3) is 0 Å². The molecule has 164 valence electrons. The van der Waals surface area contributed by atoms with Crippen LogP contribution in [0.5, 0.6) is 0 Å². The van der Waals surface area contributed by atoms with Gasteiger partial charge >= 0.3 is 177 Å². The van der Waals surface area contributed by atoms with Crippen LogP contribution in [-0.4, -0.2) is 25.1 Å². The first-order valence-electron chi connectivity index (χ1n) is 10.5. The molecule has 0 heterocycles. The fourth-order valence-corrected chi connectivity index (χ4v) is 18.7. The zero-order valence-corrected chi connectivity index (χ0v) is 23.4. The van der Waals surface area contributed by atoms with E-state index < -0.39 is 43.3 Å². The number of hydrogen-bond donors (Lipinski definition) is 0. The van der Waals surface area contributed by atoms with Gasteiger partial charge in [0.15, 0.2) is 0 Å². The van der Waals surface area contributed by atoms with E-state index in [0.717, 1.165) is 0 Å². The Bertz CT molecular complexity index is 394. The average molecular weight is 441 g/mol. The summed E-state index contributed by atoms with van der Waals surface area (Å²) < 4.78 is 27.1. The van der Waals surface area contributed by atoms with Crippen LogP contribution in [0.25, 0.3) is 0 Å². The predicted octanol–water partition coefficient (Wildman–Crippen LogP) is 7.44. The predicted molar refractivity (Wildman–Crippen MR) is 115 cm³/mol. The van der Waals surface area contributed by atoms with Gasteiger partial charge in [-0.2, -0.15) is 0 Å². The molecule has 4 nitrogen and oxygen atoms in total. The summed E-state index contributed by atoms with van der Waals surface area (Å²) in [5, 5.41) is 0. The van der Waals surface area contributed by atoms with Crippen LogP contribution in [0.3, 0.4) is 0 Å². The molecule has 0 saturated heterocycles. The second-order valence-electron chi connectivity index (χ2n) is 11.6. The Morgan fingerprint density at radius 2 is 0.741 bits per heavy atom. The van der Waals surface area contributed by atoms with Crippen molar-refractivity contribution in [2.75, 3.05) is 0 Å². The van der Waals surface area contributed by atoms with E-state index >= 15 is 0 Å². The molecular weight excluding hydrogens is 392 g/mol. The number of hydrogen-bond acceptors (Lipinski definition) is 4. The van der Waals surface area contributed by atoms with Crippen molar-refractivity contribution < 1.29 is 31.1 Å². The molecule has 0 aromatic rings. The second-order valence-corrected chi connectivity index (χ2v) is 20.4. The van der Waals surface area contributed by atoms with E-state index in [0.29, 0.717) is 16.6 Å². The summed E-state index contributed by atoms with van der Waals surface area (Å²) in [5.41, 5.74) is 0.0414. The average Bonchev–Trinajstić information content (AvgIpc) is 2.27. The van der Waals surface area contributed by atoms with Crippen LogP contribution in [0.2, 0.25) is 16.6 Å². The van der Waals surface area contributed by atoms with Crippen LogP contribution in [0.4, 0.5) is 0 Å². The minimum absolute atomic E-state index is 0.415. The van der Waals surface area contributed by atoms with E-state index in [2.05, 4.69) is 104 Å². The van der Waals surface area contributed by atoms with Crippen molar-refractivity contribution in [2.24, 2.45) is 0 Å². The van der Waals surface area contributed by atoms with Crippen LogP contribution in [0, 0.1) is 0 Å². The second kappa shape index (κ2) is 9.28. The minimum atomic E-state index is -4.13. The quantitative estimate of drug-likeness (QED) is 0.368. The first kappa shape index (κ1) is 27.8. The normalized spacial score (nSPS) is 15.3. The summed E-state index contributed by atoms with van der Waals surface area (Å²) in [4.78, 5) is 0. The molecule has 0 spiro atoms. The third-order valence-electron chi connectivity index (χ3n) is 4.30. The molecule has 0 unspecified atom stereocenters. The van der Waals surface area contributed by atoms with Crippen LogP contribution in [0.15, 0.2) is 0 Å². The molecule has 0 bridgehead atoms. The Labute approximate surface area is 176 Å². The van der Waals surface area contributed by atoms with E-state index in [1.54, 1.807) is 0 Å². The van der Waals surface area contributed by atoms with Crippen molar-refractivity contribution in [3.8, 4) is 0 Å². The van der Waals surface area contributed by atoms with Crippen LogP contribution in [0.1, 0.15) is 104 Å². The zero-order valence-electron chi connectivity index (χ0n) is 20.9. The van der Waals surface area contributed by atoms with Crippen molar-refractivity contribution in [2.45, 2.75) is 137 Å². The molecule has 0 aromatic carbocycles. The van der Waals surface area contributed by atoms with Crippen molar-refractivity contribution in [1.82, 2.24) is 0 Å². The van der Waals surface area contributed by atoms with E-state index in [1.807, 2.05) is 0 Å². The van der Waals surface area contributed by atoms with Gasteiger partial charge < -0.3 is 0 Å². The molecule has 0 aromatic heterocycles. The Hall–Kier alpha value is 0.771. The van der Waals surface area contributed by atoms with Crippen molar-refractivity contribution >= 4 is 8.32 Å². The fraction of sp³-hybridized carbons (Fsp3) is 1.00. The summed E-state index contributed by atoms with van der Waals surface area (Å²) >= 11 is -4.13. The summed E-state index contributed by atoms with van der Waals surface area (Å²) in [5.74, 6) is 0. The van der Waals surface area contributed by atoms with Gasteiger partial charge in [-0.15, -0.1) is 0 Å². The van der Waals surface area contributed by atoms with E-state index in [-0.39, 0.29) is 0 Å². The Balaban J connectivity index is 6.56. The molecule has 6 heteroatoms. The fourth-order valence-electron chi connectivity index (χ4n) is 3.82. The van der Waals surface area contributed by atoms with Gasteiger partial charge in [-0.1, -0.05) is 0 Å². The SMILES string of the molecule is CC(C)[Si]([O][Ti]([O]C(C)(C)C)([O]C(C)(C)C)[O]C(C)(C)C)(C(C)C)C(C)C. The molecule has 0 aliphatic heterocycles. The van der Waals surface area contributed by atoms with Gasteiger partial charge in [-0.25, -0.2) is 0 Å². The van der Waals surface area contributed by atoms with Gasteiger partial charge in [-0.05, 0) is 0 Å². The molecule has 0 saturated carbocycles. The molecule has 0 fully saturated rings. The monoisotopic (exact) mass is 440 g/mol. The maximum atomic E-state index is 7.20. The molecule has 0 rings (SSSR count). The van der Waals surface area contributed by atoms with E-state index in [4.69, 9.17) is 13.0 Å². The summed E-state index contributed by atoms with van der Waals surface area (Å²) in [6.45, 7) is 32.2. The van der Waals surface area contributed by atoms with Crippen molar-refractivity contribution in [3.05, 3.63) is 0 Å². The molecule has 0 amide bonds. The third-order valence-corrected chi connectivity index (χ3v) is 17.2. The first-order chi connectivity index (χ1) is 11.7. The molecule has 0 aliphatic rings. The van der Waals surface area contributed by atoms with Crippen LogP contribution < -0.4 is 0 Å². The van der Waals surface area contributed by atoms with Crippen LogP contribution >= 0.6 is 0 Å². The zero-order chi connectivity index (χ0) is 22.1. The van der Waals surface area contributed by atoms with Crippen LogP contribution in [-0.2, 0) is 31.1 Å². The van der Waals surface area contributed by atoms with Crippen molar-refractivity contribution in [3.63, 3.8) is 0 Å². The van der Waals surface area contributed by atoms with Gasteiger partial charge in [0.2, 0.25) is 0 Å². The standard InChI is InChI=1S/C9H21OSi.3C4H9O.Ti/c1-7(2)11(10,8(3)4)9(5)6;3*1-4(2,3)5;/h7-9H,1-6H3;3*1-3H3;/q4*-1;+4. The molecule has 0 aliphatic carbocycles. The van der Waals surface area contributed by atoms with Gasteiger partial charge in [-0.3, -0.25) is 0 Å². The number of rotatable bonds is 8. The maximum absolute atomic E-state index is 7.20. The van der Waals surface area contributed by atoms with E-state index in [9.17, 15) is 0 Å². The molecular formula is C21H48O4SiTi. The van der Waals surface area contributed by atoms with Gasteiger partial charge in [0.1, 0.15) is 0 Å². The van der Waals surface area contributed by atoms with Gasteiger partial charge in [0, 0.05) is 0 Å². The Kier molecular flexibility index (Phi) is 9.55. The van der Waals surface area contributed by atoms with Crippen molar-refractivity contribution in [1.29, 1.82) is 0 Å².